The van der Waals surface area contributed by atoms with E-state index < -0.39 is 0 Å². The first kappa shape index (κ1) is 16.1. The molecule has 1 saturated heterocycles. The van der Waals surface area contributed by atoms with E-state index in [1.807, 2.05) is 18.4 Å². The maximum absolute atomic E-state index is 5.00. The molecule has 0 bridgehead atoms. The predicted octanol–water partition coefficient (Wildman–Crippen LogP) is 3.71. The minimum Gasteiger partial charge on any atom is -0.343 e. The Balaban J connectivity index is 2.27. The molecule has 3 unspecified atom stereocenters. The molecule has 1 fully saturated rings. The molecule has 1 aromatic rings. The summed E-state index contributed by atoms with van der Waals surface area (Å²) in [6.45, 7) is 11.3. The highest BCUT2D eigenvalue weighted by Gasteiger charge is 2.28. The van der Waals surface area contributed by atoms with Gasteiger partial charge in [0, 0.05) is 35.0 Å². The van der Waals surface area contributed by atoms with Crippen LogP contribution in [0.5, 0.6) is 0 Å². The zero-order valence-electron chi connectivity index (χ0n) is 13.3. The summed E-state index contributed by atoms with van der Waals surface area (Å²) in [5, 5.41) is 5.20. The predicted molar refractivity (Wildman–Crippen MR) is 92.3 cm³/mol. The number of aromatic nitrogens is 1. The Bertz CT molecular complexity index is 433. The first-order chi connectivity index (χ1) is 9.58. The third-order valence-electron chi connectivity index (χ3n) is 4.26. The summed E-state index contributed by atoms with van der Waals surface area (Å²) in [5.41, 5.74) is 1.31. The van der Waals surface area contributed by atoms with Crippen LogP contribution < -0.4 is 10.2 Å². The molecule has 3 nitrogen and oxygen atoms in total. The van der Waals surface area contributed by atoms with E-state index in [9.17, 15) is 0 Å². The van der Waals surface area contributed by atoms with Crippen LogP contribution in [0.25, 0.3) is 0 Å². The van der Waals surface area contributed by atoms with Gasteiger partial charge in [0.2, 0.25) is 0 Å². The zero-order chi connectivity index (χ0) is 14.7. The molecular formula is C15H27N3S2. The minimum atomic E-state index is 0.551. The molecule has 1 aliphatic rings. The fraction of sp³-hybridized carbons (Fsp3) is 0.800. The van der Waals surface area contributed by atoms with Crippen molar-refractivity contribution in [3.05, 3.63) is 10.6 Å². The largest absolute Gasteiger partial charge is 0.343 e. The normalized spacial score (nSPS) is 24.9. The summed E-state index contributed by atoms with van der Waals surface area (Å²) < 4.78 is 0. The zero-order valence-corrected chi connectivity index (χ0v) is 14.9. The molecule has 1 N–H and O–H groups in total. The van der Waals surface area contributed by atoms with Gasteiger partial charge in [-0.2, -0.15) is 11.8 Å². The van der Waals surface area contributed by atoms with Gasteiger partial charge in [0.1, 0.15) is 0 Å². The van der Waals surface area contributed by atoms with Crippen molar-refractivity contribution in [3.63, 3.8) is 0 Å². The number of hydrogen-bond donors (Lipinski definition) is 1. The lowest BCUT2D eigenvalue weighted by atomic mass is 10.0. The molecule has 0 aromatic carbocycles. The number of hydrogen-bond acceptors (Lipinski definition) is 5. The molecule has 20 heavy (non-hydrogen) atoms. The lowest BCUT2D eigenvalue weighted by Gasteiger charge is -2.37. The molecule has 2 heterocycles. The van der Waals surface area contributed by atoms with E-state index in [0.29, 0.717) is 17.2 Å². The van der Waals surface area contributed by atoms with Crippen molar-refractivity contribution in [1.82, 2.24) is 10.3 Å². The van der Waals surface area contributed by atoms with Gasteiger partial charge >= 0.3 is 0 Å². The Kier molecular flexibility index (Phi) is 5.75. The average Bonchev–Trinajstić information content (AvgIpc) is 2.85. The first-order valence-corrected chi connectivity index (χ1v) is 9.47. The molecule has 0 saturated carbocycles. The number of nitrogens with zero attached hydrogens (tertiary/aromatic N) is 2. The maximum Gasteiger partial charge on any atom is 0.186 e. The molecule has 0 radical (unpaired) electrons. The SMILES string of the molecule is CCC(C)c1nc(N2CCSC(C)C2C)sc1CNC. The van der Waals surface area contributed by atoms with E-state index in [4.69, 9.17) is 4.98 Å². The first-order valence-electron chi connectivity index (χ1n) is 7.60. The van der Waals surface area contributed by atoms with Gasteiger partial charge in [-0.15, -0.1) is 11.3 Å². The third kappa shape index (κ3) is 3.31. The molecule has 0 spiro atoms. The molecule has 0 aliphatic carbocycles. The number of anilines is 1. The van der Waals surface area contributed by atoms with Crippen LogP contribution in [0.4, 0.5) is 5.13 Å². The van der Waals surface area contributed by atoms with Gasteiger partial charge in [0.05, 0.1) is 5.69 Å². The molecule has 3 atom stereocenters. The monoisotopic (exact) mass is 313 g/mol. The van der Waals surface area contributed by atoms with Crippen LogP contribution in [0.15, 0.2) is 0 Å². The van der Waals surface area contributed by atoms with E-state index in [1.165, 1.54) is 21.5 Å². The van der Waals surface area contributed by atoms with Crippen molar-refractivity contribution in [2.75, 3.05) is 24.2 Å². The van der Waals surface area contributed by atoms with Crippen LogP contribution in [0.1, 0.15) is 50.6 Å². The Hall–Kier alpha value is -0.260. The average molecular weight is 314 g/mol. The van der Waals surface area contributed by atoms with Gasteiger partial charge in [0.15, 0.2) is 5.13 Å². The van der Waals surface area contributed by atoms with Crippen molar-refractivity contribution in [3.8, 4) is 0 Å². The number of thiazole rings is 1. The molecule has 0 amide bonds. The van der Waals surface area contributed by atoms with Gasteiger partial charge in [0.25, 0.3) is 0 Å². The van der Waals surface area contributed by atoms with Crippen LogP contribution in [0.2, 0.25) is 0 Å². The highest BCUT2D eigenvalue weighted by molar-refractivity contribution is 8.00. The van der Waals surface area contributed by atoms with E-state index in [2.05, 4.69) is 49.7 Å². The molecule has 1 aromatic heterocycles. The van der Waals surface area contributed by atoms with Crippen molar-refractivity contribution in [1.29, 1.82) is 0 Å². The summed E-state index contributed by atoms with van der Waals surface area (Å²) in [6, 6.07) is 0.576. The smallest absolute Gasteiger partial charge is 0.186 e. The Labute approximate surface area is 131 Å². The number of nitrogens with one attached hydrogen (secondary N) is 1. The fourth-order valence-corrected chi connectivity index (χ4v) is 4.95. The topological polar surface area (TPSA) is 28.2 Å². The molecule has 114 valence electrons. The van der Waals surface area contributed by atoms with Crippen LogP contribution in [0.3, 0.4) is 0 Å². The van der Waals surface area contributed by atoms with Crippen LogP contribution in [0, 0.1) is 0 Å². The van der Waals surface area contributed by atoms with Gasteiger partial charge in [-0.1, -0.05) is 20.8 Å². The summed E-state index contributed by atoms with van der Waals surface area (Å²) in [4.78, 5) is 8.93. The van der Waals surface area contributed by atoms with Crippen LogP contribution >= 0.6 is 23.1 Å². The van der Waals surface area contributed by atoms with E-state index in [-0.39, 0.29) is 0 Å². The maximum atomic E-state index is 5.00. The van der Waals surface area contributed by atoms with Crippen LogP contribution in [-0.2, 0) is 6.54 Å². The second kappa shape index (κ2) is 7.14. The van der Waals surface area contributed by atoms with Gasteiger partial charge in [-0.25, -0.2) is 4.98 Å². The molecular weight excluding hydrogens is 286 g/mol. The highest BCUT2D eigenvalue weighted by atomic mass is 32.2. The lowest BCUT2D eigenvalue weighted by Crippen LogP contribution is -2.44. The standard InChI is InChI=1S/C15H27N3S2/c1-6-10(2)14-13(9-16-5)20-15(17-14)18-7-8-19-12(4)11(18)3/h10-12,16H,6-9H2,1-5H3. The molecule has 5 heteroatoms. The van der Waals surface area contributed by atoms with Crippen molar-refractivity contribution < 1.29 is 0 Å². The Morgan fingerprint density at radius 1 is 1.45 bits per heavy atom. The van der Waals surface area contributed by atoms with Crippen molar-refractivity contribution >= 4 is 28.2 Å². The van der Waals surface area contributed by atoms with Gasteiger partial charge < -0.3 is 10.2 Å². The number of rotatable bonds is 5. The van der Waals surface area contributed by atoms with Gasteiger partial charge in [-0.3, -0.25) is 0 Å². The quantitative estimate of drug-likeness (QED) is 0.897. The van der Waals surface area contributed by atoms with E-state index in [0.717, 1.165) is 19.5 Å². The van der Waals surface area contributed by atoms with E-state index in [1.54, 1.807) is 0 Å². The summed E-state index contributed by atoms with van der Waals surface area (Å²) >= 11 is 3.96. The summed E-state index contributed by atoms with van der Waals surface area (Å²) in [6.07, 6.45) is 1.15. The molecule has 2 rings (SSSR count). The fourth-order valence-electron chi connectivity index (χ4n) is 2.54. The lowest BCUT2D eigenvalue weighted by molar-refractivity contribution is 0.621. The molecule has 1 aliphatic heterocycles. The van der Waals surface area contributed by atoms with Crippen molar-refractivity contribution in [2.24, 2.45) is 0 Å². The van der Waals surface area contributed by atoms with Gasteiger partial charge in [-0.05, 0) is 26.3 Å². The second-order valence-electron chi connectivity index (χ2n) is 5.65. The number of thioether (sulfide) groups is 1. The second-order valence-corrected chi connectivity index (χ2v) is 8.20. The van der Waals surface area contributed by atoms with Crippen LogP contribution in [-0.4, -0.2) is 35.6 Å². The summed E-state index contributed by atoms with van der Waals surface area (Å²) in [5.74, 6) is 1.76. The Morgan fingerprint density at radius 3 is 2.85 bits per heavy atom. The Morgan fingerprint density at radius 2 is 2.20 bits per heavy atom. The minimum absolute atomic E-state index is 0.551. The third-order valence-corrected chi connectivity index (χ3v) is 6.71. The van der Waals surface area contributed by atoms with E-state index >= 15 is 0 Å². The van der Waals surface area contributed by atoms with Crippen molar-refractivity contribution in [2.45, 2.75) is 57.9 Å². The highest BCUT2D eigenvalue weighted by Crippen LogP contribution is 2.36. The summed E-state index contributed by atoms with van der Waals surface area (Å²) in [7, 11) is 2.02.